The molecule has 1 amide bonds. The van der Waals surface area contributed by atoms with Gasteiger partial charge in [-0.05, 0) is 36.3 Å². The third-order valence-electron chi connectivity index (χ3n) is 4.46. The van der Waals surface area contributed by atoms with Crippen LogP contribution in [0, 0.1) is 5.82 Å². The number of benzene rings is 2. The second-order valence-corrected chi connectivity index (χ2v) is 6.47. The minimum Gasteiger partial charge on any atom is -0.496 e. The Morgan fingerprint density at radius 1 is 1.24 bits per heavy atom. The Morgan fingerprint density at radius 2 is 1.97 bits per heavy atom. The van der Waals surface area contributed by atoms with Crippen molar-refractivity contribution in [1.29, 1.82) is 0 Å². The highest BCUT2D eigenvalue weighted by molar-refractivity contribution is 6.00. The number of fused-ring (bicyclic) bond motifs is 1. The Hall–Kier alpha value is -3.61. The third kappa shape index (κ3) is 4.63. The highest BCUT2D eigenvalue weighted by atomic mass is 19.1. The van der Waals surface area contributed by atoms with Crippen LogP contribution < -0.4 is 10.1 Å². The molecule has 2 aromatic carbocycles. The number of methoxy groups -OCH3 is 1. The molecule has 3 rings (SSSR count). The van der Waals surface area contributed by atoms with E-state index in [4.69, 9.17) is 14.3 Å². The molecule has 0 bridgehead atoms. The number of ether oxygens (including phenoxy) is 1. The van der Waals surface area contributed by atoms with Crippen LogP contribution in [0.1, 0.15) is 18.9 Å². The monoisotopic (exact) mass is 397 g/mol. The molecule has 0 aliphatic carbocycles. The number of nitrogens with one attached hydrogen (secondary N) is 1. The maximum absolute atomic E-state index is 13.2. The molecular weight excluding hydrogens is 377 g/mol. The predicted octanol–water partition coefficient (Wildman–Crippen LogP) is 4.24. The fourth-order valence-electron chi connectivity index (χ4n) is 3.00. The van der Waals surface area contributed by atoms with Crippen molar-refractivity contribution in [3.8, 4) is 16.9 Å². The topological polar surface area (TPSA) is 88.8 Å². The summed E-state index contributed by atoms with van der Waals surface area (Å²) in [6.07, 6.45) is 2.84. The van der Waals surface area contributed by atoms with E-state index in [1.54, 1.807) is 31.4 Å². The summed E-state index contributed by atoms with van der Waals surface area (Å²) in [6.45, 7) is 1.81. The molecule has 0 spiro atoms. The normalized spacial score (nSPS) is 11.5. The summed E-state index contributed by atoms with van der Waals surface area (Å²) < 4.78 is 24.3. The van der Waals surface area contributed by atoms with Crippen LogP contribution >= 0.6 is 0 Å². The van der Waals surface area contributed by atoms with E-state index < -0.39 is 11.9 Å². The van der Waals surface area contributed by atoms with Crippen LogP contribution in [0.15, 0.2) is 53.2 Å². The van der Waals surface area contributed by atoms with Crippen LogP contribution in [-0.4, -0.2) is 30.6 Å². The van der Waals surface area contributed by atoms with E-state index in [1.165, 1.54) is 25.3 Å². The molecular formula is C22H20FNO5. The van der Waals surface area contributed by atoms with Gasteiger partial charge in [0.15, 0.2) is 0 Å². The first-order valence-corrected chi connectivity index (χ1v) is 8.92. The number of carbonyl (C=O) groups is 2. The molecule has 150 valence electrons. The molecule has 1 aromatic heterocycles. The summed E-state index contributed by atoms with van der Waals surface area (Å²) in [5.74, 6) is -1.16. The average molecular weight is 397 g/mol. The van der Waals surface area contributed by atoms with Crippen molar-refractivity contribution in [3.63, 3.8) is 0 Å². The molecule has 0 aliphatic heterocycles. The van der Waals surface area contributed by atoms with Gasteiger partial charge in [-0.25, -0.2) is 4.39 Å². The summed E-state index contributed by atoms with van der Waals surface area (Å²) in [5, 5.41) is 12.0. The van der Waals surface area contributed by atoms with Gasteiger partial charge in [-0.15, -0.1) is 0 Å². The first-order chi connectivity index (χ1) is 13.9. The van der Waals surface area contributed by atoms with E-state index in [9.17, 15) is 14.0 Å². The summed E-state index contributed by atoms with van der Waals surface area (Å²) in [6, 6.07) is 9.69. The number of carbonyl (C=O) groups excluding carboxylic acids is 1. The molecule has 0 aliphatic rings. The lowest BCUT2D eigenvalue weighted by Crippen LogP contribution is -2.24. The van der Waals surface area contributed by atoms with E-state index in [1.807, 2.05) is 6.07 Å². The number of rotatable bonds is 7. The Bertz CT molecular complexity index is 1080. The maximum atomic E-state index is 13.2. The molecule has 29 heavy (non-hydrogen) atoms. The smallest absolute Gasteiger partial charge is 0.305 e. The summed E-state index contributed by atoms with van der Waals surface area (Å²) >= 11 is 0. The zero-order valence-corrected chi connectivity index (χ0v) is 16.0. The summed E-state index contributed by atoms with van der Waals surface area (Å²) in [5.41, 5.74) is 3.53. The highest BCUT2D eigenvalue weighted by Crippen LogP contribution is 2.37. The van der Waals surface area contributed by atoms with Crippen LogP contribution in [-0.2, 0) is 9.59 Å². The number of carboxylic acid groups (broad SMARTS) is 1. The van der Waals surface area contributed by atoms with Crippen molar-refractivity contribution in [2.24, 2.45) is 0 Å². The predicted molar refractivity (Wildman–Crippen MR) is 107 cm³/mol. The first-order valence-electron chi connectivity index (χ1n) is 8.92. The number of allylic oxidation sites excluding steroid dienone is 1. The first kappa shape index (κ1) is 20.1. The van der Waals surface area contributed by atoms with Crippen molar-refractivity contribution >= 4 is 28.4 Å². The van der Waals surface area contributed by atoms with Crippen molar-refractivity contribution in [2.75, 3.05) is 13.7 Å². The second kappa shape index (κ2) is 8.60. The lowest BCUT2D eigenvalue weighted by molar-refractivity contribution is -0.136. The zero-order chi connectivity index (χ0) is 21.0. The molecule has 6 nitrogen and oxygen atoms in total. The molecule has 0 saturated heterocycles. The van der Waals surface area contributed by atoms with Crippen LogP contribution in [0.4, 0.5) is 4.39 Å². The van der Waals surface area contributed by atoms with Gasteiger partial charge in [-0.3, -0.25) is 9.59 Å². The van der Waals surface area contributed by atoms with Gasteiger partial charge in [-0.1, -0.05) is 12.1 Å². The van der Waals surface area contributed by atoms with Crippen molar-refractivity contribution in [1.82, 2.24) is 5.32 Å². The summed E-state index contributed by atoms with van der Waals surface area (Å²) in [7, 11) is 1.52. The van der Waals surface area contributed by atoms with Crippen LogP contribution in [0.3, 0.4) is 0 Å². The quantitative estimate of drug-likeness (QED) is 0.582. The van der Waals surface area contributed by atoms with Gasteiger partial charge in [-0.2, -0.15) is 0 Å². The molecule has 0 unspecified atom stereocenters. The SMILES string of the molecule is COc1cc2occ(-c3ccc(F)cc3)c2cc1/C(C)=C/C(=O)NCCC(=O)O. The van der Waals surface area contributed by atoms with E-state index in [0.717, 1.165) is 16.5 Å². The minimum atomic E-state index is -0.980. The molecule has 0 saturated carbocycles. The van der Waals surface area contributed by atoms with Gasteiger partial charge in [0.25, 0.3) is 0 Å². The standard InChI is InChI=1S/C22H20FNO5/c1-13(9-21(25)24-8-7-22(26)27)16-10-17-18(14-3-5-15(23)6-4-14)12-29-20(17)11-19(16)28-2/h3-6,9-12H,7-8H2,1-2H3,(H,24,25)(H,26,27)/b13-9+. The fourth-order valence-corrected chi connectivity index (χ4v) is 3.00. The van der Waals surface area contributed by atoms with Gasteiger partial charge in [0.2, 0.25) is 5.91 Å². The van der Waals surface area contributed by atoms with E-state index >= 15 is 0 Å². The largest absolute Gasteiger partial charge is 0.496 e. The van der Waals surface area contributed by atoms with Crippen LogP contribution in [0.25, 0.3) is 27.7 Å². The average Bonchev–Trinajstić information content (AvgIpc) is 3.10. The molecule has 3 aromatic rings. The number of halogens is 1. The number of furan rings is 1. The van der Waals surface area contributed by atoms with Crippen molar-refractivity contribution < 1.29 is 28.2 Å². The molecule has 1 heterocycles. The van der Waals surface area contributed by atoms with Crippen molar-refractivity contribution in [2.45, 2.75) is 13.3 Å². The molecule has 7 heteroatoms. The van der Waals surface area contributed by atoms with E-state index in [0.29, 0.717) is 22.5 Å². The molecule has 2 N–H and O–H groups in total. The minimum absolute atomic E-state index is 0.0462. The molecule has 0 fully saturated rings. The lowest BCUT2D eigenvalue weighted by Gasteiger charge is -2.10. The van der Waals surface area contributed by atoms with E-state index in [-0.39, 0.29) is 18.8 Å². The lowest BCUT2D eigenvalue weighted by atomic mass is 9.99. The van der Waals surface area contributed by atoms with Gasteiger partial charge >= 0.3 is 5.97 Å². The second-order valence-electron chi connectivity index (χ2n) is 6.47. The number of hydrogen-bond acceptors (Lipinski definition) is 4. The molecule has 0 atom stereocenters. The zero-order valence-electron chi connectivity index (χ0n) is 16.0. The Labute approximate surface area is 166 Å². The van der Waals surface area contributed by atoms with Crippen LogP contribution in [0.5, 0.6) is 5.75 Å². The number of aliphatic carboxylic acids is 1. The van der Waals surface area contributed by atoms with E-state index in [2.05, 4.69) is 5.32 Å². The van der Waals surface area contributed by atoms with Crippen LogP contribution in [0.2, 0.25) is 0 Å². The third-order valence-corrected chi connectivity index (χ3v) is 4.46. The summed E-state index contributed by atoms with van der Waals surface area (Å²) in [4.78, 5) is 22.6. The van der Waals surface area contributed by atoms with Gasteiger partial charge < -0.3 is 19.6 Å². The number of carboxylic acids is 1. The van der Waals surface area contributed by atoms with Gasteiger partial charge in [0.05, 0.1) is 19.8 Å². The number of amides is 1. The van der Waals surface area contributed by atoms with Gasteiger partial charge in [0.1, 0.15) is 17.1 Å². The van der Waals surface area contributed by atoms with Gasteiger partial charge in [0, 0.05) is 35.2 Å². The Kier molecular flexibility index (Phi) is 5.97. The maximum Gasteiger partial charge on any atom is 0.305 e. The Morgan fingerprint density at radius 3 is 2.62 bits per heavy atom. The highest BCUT2D eigenvalue weighted by Gasteiger charge is 2.15. The Balaban J connectivity index is 1.97. The van der Waals surface area contributed by atoms with Crippen molar-refractivity contribution in [3.05, 3.63) is 60.1 Å². The molecule has 0 radical (unpaired) electrons. The number of hydrogen-bond donors (Lipinski definition) is 2. The fraction of sp³-hybridized carbons (Fsp3) is 0.182.